The Morgan fingerprint density at radius 2 is 1.70 bits per heavy atom. The number of thiocarbonyl (C=S) groups is 1. The van der Waals surface area contributed by atoms with E-state index >= 15 is 0 Å². The molecule has 0 unspecified atom stereocenters. The van der Waals surface area contributed by atoms with Crippen LogP contribution < -0.4 is 10.1 Å². The number of benzene rings is 2. The molecule has 2 N–H and O–H groups in total. The molecule has 16 heteroatoms. The van der Waals surface area contributed by atoms with Crippen molar-refractivity contribution in [1.29, 1.82) is 0 Å². The van der Waals surface area contributed by atoms with Gasteiger partial charge in [-0.2, -0.15) is 26.3 Å². The number of nitrogens with one attached hydrogen (secondary N) is 1. The van der Waals surface area contributed by atoms with E-state index in [1.807, 2.05) is 0 Å². The summed E-state index contributed by atoms with van der Waals surface area (Å²) in [6.45, 7) is -0.115. The Hall–Kier alpha value is -4.44. The smallest absolute Gasteiger partial charge is 0.416 e. The molecule has 4 rings (SSSR count). The number of carbonyl (C=O) groups excluding carboxylic acids is 2. The minimum atomic E-state index is -5.03. The molecule has 0 bridgehead atoms. The van der Waals surface area contributed by atoms with Gasteiger partial charge in [0.1, 0.15) is 15.6 Å². The zero-order valence-electron chi connectivity index (χ0n) is 22.2. The number of nitrogens with zero attached hydrogens (tertiary/aromatic N) is 2. The number of aromatic nitrogens is 1. The van der Waals surface area contributed by atoms with Gasteiger partial charge in [-0.05, 0) is 48.5 Å². The number of hydrogen-bond donors (Lipinski definition) is 2. The number of ether oxygens (including phenoxy) is 1. The summed E-state index contributed by atoms with van der Waals surface area (Å²) in [4.78, 5) is 42.1. The number of thioether (sulfide) groups is 1. The van der Waals surface area contributed by atoms with Crippen molar-refractivity contribution in [2.24, 2.45) is 0 Å². The zero-order chi connectivity index (χ0) is 32.4. The number of methoxy groups -OCH3 is 1. The average Bonchev–Trinajstić information content (AvgIpc) is 3.21. The van der Waals surface area contributed by atoms with Gasteiger partial charge in [-0.15, -0.1) is 0 Å². The van der Waals surface area contributed by atoms with E-state index in [4.69, 9.17) is 17.0 Å². The van der Waals surface area contributed by atoms with E-state index in [-0.39, 0.29) is 56.6 Å². The molecule has 1 aliphatic heterocycles. The van der Waals surface area contributed by atoms with Crippen molar-refractivity contribution in [3.63, 3.8) is 0 Å². The van der Waals surface area contributed by atoms with Crippen LogP contribution in [0.2, 0.25) is 0 Å². The number of carbonyl (C=O) groups is 3. The summed E-state index contributed by atoms with van der Waals surface area (Å²) in [5.41, 5.74) is -3.35. The maximum absolute atomic E-state index is 13.3. The highest BCUT2D eigenvalue weighted by molar-refractivity contribution is 8.26. The molecule has 1 fully saturated rings. The van der Waals surface area contributed by atoms with Gasteiger partial charge in [0.25, 0.3) is 5.91 Å². The molecule has 44 heavy (non-hydrogen) atoms. The summed E-state index contributed by atoms with van der Waals surface area (Å²) in [5, 5.41) is 11.7. The Balaban J connectivity index is 1.49. The van der Waals surface area contributed by atoms with Crippen molar-refractivity contribution in [2.75, 3.05) is 19.0 Å². The van der Waals surface area contributed by atoms with Gasteiger partial charge in [0.05, 0.1) is 34.5 Å². The van der Waals surface area contributed by atoms with Crippen LogP contribution in [-0.4, -0.2) is 50.7 Å². The lowest BCUT2D eigenvalue weighted by atomic mass is 10.0. The van der Waals surface area contributed by atoms with Crippen molar-refractivity contribution in [3.05, 3.63) is 81.9 Å². The minimum Gasteiger partial charge on any atom is -0.496 e. The number of halogens is 6. The molecule has 230 valence electrons. The van der Waals surface area contributed by atoms with E-state index in [1.165, 1.54) is 49.6 Å². The number of carboxylic acid groups (broad SMARTS) is 1. The number of amides is 2. The molecule has 0 radical (unpaired) electrons. The van der Waals surface area contributed by atoms with Crippen LogP contribution in [-0.2, 0) is 21.9 Å². The van der Waals surface area contributed by atoms with Crippen LogP contribution in [0.3, 0.4) is 0 Å². The average molecular weight is 656 g/mol. The molecule has 0 aliphatic carbocycles. The van der Waals surface area contributed by atoms with Crippen molar-refractivity contribution in [2.45, 2.75) is 18.8 Å². The standard InChI is InChI=1S/C28H19F6N3O5S2/c1-42-21-12-18(5-6-19(21)25(40)41)36-23(38)7-8-37-24(39)22(44-26(37)43)13-17-3-2-4-20(35-17)14-9-15(27(29,30)31)11-16(10-14)28(32,33)34/h2-6,9-13H,7-8H2,1H3,(H,36,38)(H,40,41)/b22-13-. The van der Waals surface area contributed by atoms with Crippen LogP contribution in [0.5, 0.6) is 5.75 Å². The molecular formula is C28H19F6N3O5S2. The first-order valence-corrected chi connectivity index (χ1v) is 13.5. The SMILES string of the molecule is COc1cc(NC(=O)CCN2C(=O)/C(=C/c3cccc(-c4cc(C(F)(F)F)cc(C(F)(F)F)c4)n3)SC2=S)ccc1C(=O)O. The fraction of sp³-hybridized carbons (Fsp3) is 0.179. The number of rotatable bonds is 8. The number of anilines is 1. The minimum absolute atomic E-state index is 0.0187. The van der Waals surface area contributed by atoms with Crippen LogP contribution in [0.15, 0.2) is 59.5 Å². The molecular weight excluding hydrogens is 636 g/mol. The Morgan fingerprint density at radius 1 is 1.05 bits per heavy atom. The summed E-state index contributed by atoms with van der Waals surface area (Å²) >= 11 is 6.14. The van der Waals surface area contributed by atoms with Crippen molar-refractivity contribution >= 4 is 57.8 Å². The molecule has 1 aliphatic rings. The second kappa shape index (κ2) is 12.7. The third kappa shape index (κ3) is 7.55. The Labute approximate surface area is 254 Å². The van der Waals surface area contributed by atoms with Crippen molar-refractivity contribution < 1.29 is 50.6 Å². The molecule has 2 heterocycles. The summed E-state index contributed by atoms with van der Waals surface area (Å²) in [7, 11) is 1.27. The monoisotopic (exact) mass is 655 g/mol. The molecule has 2 amide bonds. The van der Waals surface area contributed by atoms with Gasteiger partial charge in [-0.1, -0.05) is 30.0 Å². The Bertz CT molecular complexity index is 1660. The van der Waals surface area contributed by atoms with Crippen LogP contribution >= 0.6 is 24.0 Å². The lowest BCUT2D eigenvalue weighted by molar-refractivity contribution is -0.143. The normalized spacial score (nSPS) is 14.7. The fourth-order valence-corrected chi connectivity index (χ4v) is 5.30. The summed E-state index contributed by atoms with van der Waals surface area (Å²) in [6.07, 6.45) is -8.96. The summed E-state index contributed by atoms with van der Waals surface area (Å²) < 4.78 is 85.0. The number of hydrogen-bond acceptors (Lipinski definition) is 7. The van der Waals surface area contributed by atoms with Crippen molar-refractivity contribution in [3.8, 4) is 17.0 Å². The zero-order valence-corrected chi connectivity index (χ0v) is 23.9. The molecule has 3 aromatic rings. The molecule has 1 saturated heterocycles. The van der Waals surface area contributed by atoms with Gasteiger partial charge in [0.2, 0.25) is 5.91 Å². The lowest BCUT2D eigenvalue weighted by Crippen LogP contribution is -2.31. The number of alkyl halides is 6. The summed E-state index contributed by atoms with van der Waals surface area (Å²) in [6, 6.07) is 9.10. The molecule has 8 nitrogen and oxygen atoms in total. The van der Waals surface area contributed by atoms with Crippen molar-refractivity contribution in [1.82, 2.24) is 9.88 Å². The summed E-state index contributed by atoms with van der Waals surface area (Å²) in [5.74, 6) is -2.27. The first-order chi connectivity index (χ1) is 20.6. The quantitative estimate of drug-likeness (QED) is 0.156. The van der Waals surface area contributed by atoms with Gasteiger partial charge in [0, 0.05) is 30.3 Å². The Morgan fingerprint density at radius 3 is 2.30 bits per heavy atom. The predicted octanol–water partition coefficient (Wildman–Crippen LogP) is 6.72. The van der Waals surface area contributed by atoms with E-state index < -0.39 is 46.8 Å². The van der Waals surface area contributed by atoms with Gasteiger partial charge < -0.3 is 15.2 Å². The molecule has 2 aromatic carbocycles. The van der Waals surface area contributed by atoms with Gasteiger partial charge in [0.15, 0.2) is 0 Å². The van der Waals surface area contributed by atoms with Crippen LogP contribution in [0.25, 0.3) is 17.3 Å². The number of carboxylic acids is 1. The first kappa shape index (κ1) is 32.5. The van der Waals surface area contributed by atoms with E-state index in [0.717, 1.165) is 16.7 Å². The number of pyridine rings is 1. The second-order valence-electron chi connectivity index (χ2n) is 9.09. The van der Waals surface area contributed by atoms with Crippen LogP contribution in [0.4, 0.5) is 32.0 Å². The van der Waals surface area contributed by atoms with Crippen LogP contribution in [0.1, 0.15) is 33.6 Å². The third-order valence-corrected chi connectivity index (χ3v) is 7.46. The topological polar surface area (TPSA) is 109 Å². The molecule has 0 saturated carbocycles. The van der Waals surface area contributed by atoms with Crippen LogP contribution in [0, 0.1) is 0 Å². The lowest BCUT2D eigenvalue weighted by Gasteiger charge is -2.14. The number of aromatic carboxylic acids is 1. The highest BCUT2D eigenvalue weighted by atomic mass is 32.2. The Kier molecular flexibility index (Phi) is 9.34. The highest BCUT2D eigenvalue weighted by Crippen LogP contribution is 2.39. The van der Waals surface area contributed by atoms with E-state index in [2.05, 4.69) is 10.3 Å². The predicted molar refractivity (Wildman–Crippen MR) is 153 cm³/mol. The van der Waals surface area contributed by atoms with E-state index in [9.17, 15) is 45.8 Å². The van der Waals surface area contributed by atoms with E-state index in [1.54, 1.807) is 0 Å². The second-order valence-corrected chi connectivity index (χ2v) is 10.8. The first-order valence-electron chi connectivity index (χ1n) is 12.3. The highest BCUT2D eigenvalue weighted by Gasteiger charge is 2.37. The maximum atomic E-state index is 13.3. The van der Waals surface area contributed by atoms with Gasteiger partial charge in [-0.25, -0.2) is 9.78 Å². The van der Waals surface area contributed by atoms with Gasteiger partial charge >= 0.3 is 18.3 Å². The van der Waals surface area contributed by atoms with Gasteiger partial charge in [-0.3, -0.25) is 14.5 Å². The molecule has 1 aromatic heterocycles. The fourth-order valence-electron chi connectivity index (χ4n) is 4.01. The third-order valence-electron chi connectivity index (χ3n) is 6.08. The maximum Gasteiger partial charge on any atom is 0.416 e. The largest absolute Gasteiger partial charge is 0.496 e. The molecule has 0 spiro atoms. The van der Waals surface area contributed by atoms with E-state index in [0.29, 0.717) is 12.1 Å². The molecule has 0 atom stereocenters.